The van der Waals surface area contributed by atoms with Gasteiger partial charge in [0.1, 0.15) is 11.9 Å². The second-order valence-electron chi connectivity index (χ2n) is 8.81. The average molecular weight is 526 g/mol. The second kappa shape index (κ2) is 10.8. The molecule has 2 aliphatic heterocycles. The molecule has 2 aromatic carbocycles. The lowest BCUT2D eigenvalue weighted by Gasteiger charge is -2.41. The van der Waals surface area contributed by atoms with E-state index in [1.807, 2.05) is 25.1 Å². The van der Waals surface area contributed by atoms with Gasteiger partial charge in [-0.2, -0.15) is 12.7 Å². The van der Waals surface area contributed by atoms with E-state index in [-0.39, 0.29) is 16.7 Å². The summed E-state index contributed by atoms with van der Waals surface area (Å²) in [6.07, 6.45) is 3.46. The van der Waals surface area contributed by atoms with Gasteiger partial charge in [0.2, 0.25) is 0 Å². The zero-order chi connectivity index (χ0) is 24.3. The number of halogens is 2. The minimum atomic E-state index is -3.92. The fourth-order valence-electron chi connectivity index (χ4n) is 4.61. The highest BCUT2D eigenvalue weighted by Gasteiger charge is 2.33. The van der Waals surface area contributed by atoms with E-state index >= 15 is 0 Å². The number of ether oxygens (including phenoxy) is 1. The molecule has 0 aliphatic carbocycles. The van der Waals surface area contributed by atoms with Gasteiger partial charge in [0, 0.05) is 37.2 Å². The summed E-state index contributed by atoms with van der Waals surface area (Å²) in [5.74, 6) is 0.158. The van der Waals surface area contributed by atoms with E-state index in [9.17, 15) is 13.2 Å². The van der Waals surface area contributed by atoms with Gasteiger partial charge in [-0.25, -0.2) is 4.72 Å². The third-order valence-electron chi connectivity index (χ3n) is 6.53. The van der Waals surface area contributed by atoms with E-state index in [1.54, 1.807) is 18.2 Å². The highest BCUT2D eigenvalue weighted by Crippen LogP contribution is 2.27. The van der Waals surface area contributed by atoms with E-state index in [0.717, 1.165) is 50.1 Å². The van der Waals surface area contributed by atoms with E-state index < -0.39 is 16.1 Å². The zero-order valence-electron chi connectivity index (χ0n) is 19.0. The number of hydrogen-bond donors (Lipinski definition) is 1. The molecule has 7 nitrogen and oxygen atoms in total. The van der Waals surface area contributed by atoms with Crippen LogP contribution in [0.2, 0.25) is 10.0 Å². The normalized spacial score (nSPS) is 19.1. The van der Waals surface area contributed by atoms with Crippen LogP contribution in [-0.2, 0) is 10.2 Å². The Morgan fingerprint density at radius 2 is 1.68 bits per heavy atom. The topological polar surface area (TPSA) is 79.0 Å². The van der Waals surface area contributed by atoms with Crippen LogP contribution in [0.3, 0.4) is 0 Å². The molecule has 10 heteroatoms. The van der Waals surface area contributed by atoms with Gasteiger partial charge in [-0.15, -0.1) is 0 Å². The summed E-state index contributed by atoms with van der Waals surface area (Å²) in [5.41, 5.74) is 1.17. The van der Waals surface area contributed by atoms with Crippen molar-refractivity contribution in [2.75, 3.05) is 26.2 Å². The smallest absolute Gasteiger partial charge is 0.304 e. The number of carbonyl (C=O) groups excluding carboxylic acids is 1. The summed E-state index contributed by atoms with van der Waals surface area (Å²) in [6, 6.07) is 12.4. The number of rotatable bonds is 6. The predicted octanol–water partition coefficient (Wildman–Crippen LogP) is 4.28. The molecule has 0 unspecified atom stereocenters. The van der Waals surface area contributed by atoms with Gasteiger partial charge in [0.15, 0.2) is 0 Å². The van der Waals surface area contributed by atoms with Crippen molar-refractivity contribution in [1.29, 1.82) is 0 Å². The van der Waals surface area contributed by atoms with Crippen LogP contribution in [0.25, 0.3) is 0 Å². The Labute approximate surface area is 211 Å². The van der Waals surface area contributed by atoms with Crippen LogP contribution in [0.1, 0.15) is 41.6 Å². The third-order valence-corrected chi connectivity index (χ3v) is 8.58. The SMILES string of the molecule is Cc1cc(Cl)ccc1OC1CCN(C2CCN(S(=O)(=O)NC(=O)c3ccccc3Cl)CC2)CC1. The number of benzene rings is 2. The molecule has 184 valence electrons. The Morgan fingerprint density at radius 3 is 2.32 bits per heavy atom. The molecule has 4 rings (SSSR count). The van der Waals surface area contributed by atoms with E-state index in [1.165, 1.54) is 10.4 Å². The molecule has 0 bridgehead atoms. The number of carbonyl (C=O) groups is 1. The first-order valence-corrected chi connectivity index (χ1v) is 13.7. The van der Waals surface area contributed by atoms with Crippen molar-refractivity contribution >= 4 is 39.3 Å². The van der Waals surface area contributed by atoms with Crippen molar-refractivity contribution < 1.29 is 17.9 Å². The van der Waals surface area contributed by atoms with Crippen molar-refractivity contribution in [2.24, 2.45) is 0 Å². The monoisotopic (exact) mass is 525 g/mol. The summed E-state index contributed by atoms with van der Waals surface area (Å²) in [6.45, 7) is 4.57. The second-order valence-corrected chi connectivity index (χ2v) is 11.3. The van der Waals surface area contributed by atoms with Gasteiger partial charge in [0.05, 0.1) is 10.6 Å². The Balaban J connectivity index is 1.25. The number of nitrogens with zero attached hydrogens (tertiary/aromatic N) is 2. The van der Waals surface area contributed by atoms with Gasteiger partial charge in [-0.1, -0.05) is 35.3 Å². The molecular formula is C24H29Cl2N3O4S. The molecule has 1 amide bonds. The molecule has 0 saturated carbocycles. The minimum absolute atomic E-state index is 0.140. The average Bonchev–Trinajstić information content (AvgIpc) is 2.81. The maximum atomic E-state index is 12.7. The summed E-state index contributed by atoms with van der Waals surface area (Å²) >= 11 is 12.1. The van der Waals surface area contributed by atoms with Crippen LogP contribution < -0.4 is 9.46 Å². The highest BCUT2D eigenvalue weighted by atomic mass is 35.5. The number of piperidine rings is 2. The fourth-order valence-corrected chi connectivity index (χ4v) is 6.23. The Kier molecular flexibility index (Phi) is 8.05. The van der Waals surface area contributed by atoms with Crippen molar-refractivity contribution in [2.45, 2.75) is 44.8 Å². The largest absolute Gasteiger partial charge is 0.490 e. The minimum Gasteiger partial charge on any atom is -0.490 e. The zero-order valence-corrected chi connectivity index (χ0v) is 21.4. The lowest BCUT2D eigenvalue weighted by molar-refractivity contribution is 0.0581. The molecule has 2 fully saturated rings. The van der Waals surface area contributed by atoms with Crippen molar-refractivity contribution in [3.8, 4) is 5.75 Å². The molecule has 1 N–H and O–H groups in total. The van der Waals surface area contributed by atoms with Crippen LogP contribution >= 0.6 is 23.2 Å². The van der Waals surface area contributed by atoms with Crippen molar-refractivity contribution in [1.82, 2.24) is 13.9 Å². The molecule has 2 heterocycles. The highest BCUT2D eigenvalue weighted by molar-refractivity contribution is 7.87. The molecule has 0 aromatic heterocycles. The number of hydrogen-bond acceptors (Lipinski definition) is 5. The molecule has 2 saturated heterocycles. The molecule has 0 atom stereocenters. The molecule has 0 spiro atoms. The van der Waals surface area contributed by atoms with Crippen LogP contribution in [0.4, 0.5) is 0 Å². The van der Waals surface area contributed by atoms with Gasteiger partial charge < -0.3 is 9.64 Å². The van der Waals surface area contributed by atoms with Gasteiger partial charge in [0.25, 0.3) is 5.91 Å². The van der Waals surface area contributed by atoms with Crippen LogP contribution in [0.15, 0.2) is 42.5 Å². The summed E-state index contributed by atoms with van der Waals surface area (Å²) in [5, 5.41) is 0.920. The fraction of sp³-hybridized carbons (Fsp3) is 0.458. The van der Waals surface area contributed by atoms with Gasteiger partial charge in [-0.05, 0) is 68.5 Å². The van der Waals surface area contributed by atoms with Crippen molar-refractivity contribution in [3.05, 3.63) is 63.6 Å². The number of nitrogens with one attached hydrogen (secondary N) is 1. The molecule has 34 heavy (non-hydrogen) atoms. The molecule has 0 radical (unpaired) electrons. The van der Waals surface area contributed by atoms with Crippen molar-refractivity contribution in [3.63, 3.8) is 0 Å². The molecule has 2 aliphatic rings. The third kappa shape index (κ3) is 6.04. The Hall–Kier alpha value is -1.84. The van der Waals surface area contributed by atoms with Crippen LogP contribution in [0.5, 0.6) is 5.75 Å². The predicted molar refractivity (Wildman–Crippen MR) is 134 cm³/mol. The lowest BCUT2D eigenvalue weighted by Crippen LogP contribution is -2.52. The number of likely N-dealkylation sites (tertiary alicyclic amines) is 1. The molecule has 2 aromatic rings. The van der Waals surface area contributed by atoms with E-state index in [4.69, 9.17) is 27.9 Å². The standard InChI is InChI=1S/C24H29Cl2N3O4S/c1-17-16-18(25)6-7-23(17)33-20-10-12-28(13-11-20)19-8-14-29(15-9-19)34(31,32)27-24(30)21-4-2-3-5-22(21)26/h2-7,16,19-20H,8-15H2,1H3,(H,27,30). The molecular weight excluding hydrogens is 497 g/mol. The summed E-state index contributed by atoms with van der Waals surface area (Å²) in [7, 11) is -3.92. The van der Waals surface area contributed by atoms with Gasteiger partial charge >= 0.3 is 10.2 Å². The Bertz CT molecular complexity index is 1130. The number of amides is 1. The van der Waals surface area contributed by atoms with Crippen LogP contribution in [-0.4, -0.2) is 61.9 Å². The first-order valence-electron chi connectivity index (χ1n) is 11.5. The van der Waals surface area contributed by atoms with E-state index in [0.29, 0.717) is 24.2 Å². The van der Waals surface area contributed by atoms with Gasteiger partial charge in [-0.3, -0.25) is 4.79 Å². The number of aryl methyl sites for hydroxylation is 1. The summed E-state index contributed by atoms with van der Waals surface area (Å²) in [4.78, 5) is 14.8. The first kappa shape index (κ1) is 25.3. The van der Waals surface area contributed by atoms with Crippen LogP contribution in [0, 0.1) is 6.92 Å². The lowest BCUT2D eigenvalue weighted by atomic mass is 10.00. The maximum absolute atomic E-state index is 12.7. The quantitative estimate of drug-likeness (QED) is 0.608. The maximum Gasteiger partial charge on any atom is 0.304 e. The summed E-state index contributed by atoms with van der Waals surface area (Å²) < 4.78 is 35.2. The Morgan fingerprint density at radius 1 is 1.00 bits per heavy atom. The first-order chi connectivity index (χ1) is 16.2. The van der Waals surface area contributed by atoms with E-state index in [2.05, 4.69) is 9.62 Å².